The molecule has 1 rings (SSSR count). The molecule has 0 aromatic carbocycles. The summed E-state index contributed by atoms with van der Waals surface area (Å²) >= 11 is 0. The van der Waals surface area contributed by atoms with Crippen molar-refractivity contribution in [2.45, 2.75) is 51.7 Å². The van der Waals surface area contributed by atoms with E-state index in [1.807, 2.05) is 18.7 Å². The van der Waals surface area contributed by atoms with Crippen molar-refractivity contribution in [3.05, 3.63) is 0 Å². The molecule has 0 aliphatic carbocycles. The van der Waals surface area contributed by atoms with Crippen molar-refractivity contribution in [1.29, 1.82) is 0 Å². The standard InChI is InChI=1S/C12H24N2O2.ClH/c1-3-4-11(13)12(16)14-7-5-10(6-8-14)9(2)15;/h9-11,15H,3-8,13H2,1-2H3;1H. The zero-order valence-electron chi connectivity index (χ0n) is 10.8. The van der Waals surface area contributed by atoms with Gasteiger partial charge >= 0.3 is 0 Å². The highest BCUT2D eigenvalue weighted by Crippen LogP contribution is 2.21. The number of rotatable bonds is 4. The Morgan fingerprint density at radius 3 is 2.41 bits per heavy atom. The normalized spacial score (nSPS) is 20.6. The van der Waals surface area contributed by atoms with Crippen LogP contribution in [-0.4, -0.2) is 41.1 Å². The predicted octanol–water partition coefficient (Wildman–Crippen LogP) is 1.16. The minimum absolute atomic E-state index is 0. The number of nitrogens with two attached hydrogens (primary N) is 1. The van der Waals surface area contributed by atoms with Crippen molar-refractivity contribution in [3.63, 3.8) is 0 Å². The first kappa shape index (κ1) is 16.7. The summed E-state index contributed by atoms with van der Waals surface area (Å²) in [6, 6.07) is -0.340. The van der Waals surface area contributed by atoms with E-state index in [2.05, 4.69) is 0 Å². The van der Waals surface area contributed by atoms with Crippen LogP contribution in [0.4, 0.5) is 0 Å². The van der Waals surface area contributed by atoms with Crippen molar-refractivity contribution in [2.75, 3.05) is 13.1 Å². The van der Waals surface area contributed by atoms with E-state index in [-0.39, 0.29) is 30.5 Å². The Labute approximate surface area is 110 Å². The second kappa shape index (κ2) is 7.90. The summed E-state index contributed by atoms with van der Waals surface area (Å²) in [6.45, 7) is 5.34. The number of amides is 1. The minimum Gasteiger partial charge on any atom is -0.393 e. The van der Waals surface area contributed by atoms with Gasteiger partial charge in [0, 0.05) is 13.1 Å². The number of piperidine rings is 1. The smallest absolute Gasteiger partial charge is 0.239 e. The van der Waals surface area contributed by atoms with Crippen LogP contribution in [0.25, 0.3) is 0 Å². The highest BCUT2D eigenvalue weighted by atomic mass is 35.5. The summed E-state index contributed by atoms with van der Waals surface area (Å²) in [7, 11) is 0. The number of hydrogen-bond acceptors (Lipinski definition) is 3. The summed E-state index contributed by atoms with van der Waals surface area (Å²) < 4.78 is 0. The molecular formula is C12H25ClN2O2. The van der Waals surface area contributed by atoms with Crippen molar-refractivity contribution >= 4 is 18.3 Å². The van der Waals surface area contributed by atoms with Crippen LogP contribution in [-0.2, 0) is 4.79 Å². The molecule has 3 N–H and O–H groups in total. The molecule has 0 aromatic rings. The molecule has 1 heterocycles. The van der Waals surface area contributed by atoms with Gasteiger partial charge in [-0.05, 0) is 32.1 Å². The molecule has 5 heteroatoms. The molecule has 1 aliphatic rings. The lowest BCUT2D eigenvalue weighted by molar-refractivity contribution is -0.134. The van der Waals surface area contributed by atoms with Crippen LogP contribution in [0.5, 0.6) is 0 Å². The highest BCUT2D eigenvalue weighted by molar-refractivity contribution is 5.85. The van der Waals surface area contributed by atoms with Gasteiger partial charge in [0.2, 0.25) is 5.91 Å². The predicted molar refractivity (Wildman–Crippen MR) is 71.1 cm³/mol. The summed E-state index contributed by atoms with van der Waals surface area (Å²) in [5, 5.41) is 9.47. The summed E-state index contributed by atoms with van der Waals surface area (Å²) in [5.41, 5.74) is 5.81. The Bertz CT molecular complexity index is 229. The molecule has 102 valence electrons. The SMILES string of the molecule is CCCC(N)C(=O)N1CCC(C(C)O)CC1.Cl. The largest absolute Gasteiger partial charge is 0.393 e. The molecule has 4 nitrogen and oxygen atoms in total. The van der Waals surface area contributed by atoms with Gasteiger partial charge in [-0.2, -0.15) is 0 Å². The maximum atomic E-state index is 11.9. The maximum absolute atomic E-state index is 11.9. The number of aliphatic hydroxyl groups is 1. The van der Waals surface area contributed by atoms with Crippen LogP contribution >= 0.6 is 12.4 Å². The molecule has 17 heavy (non-hydrogen) atoms. The molecule has 2 atom stereocenters. The van der Waals surface area contributed by atoms with Gasteiger partial charge in [0.15, 0.2) is 0 Å². The number of likely N-dealkylation sites (tertiary alicyclic amines) is 1. The Kier molecular flexibility index (Phi) is 7.75. The second-order valence-electron chi connectivity index (χ2n) is 4.80. The average molecular weight is 265 g/mol. The van der Waals surface area contributed by atoms with Crippen LogP contribution in [0.15, 0.2) is 0 Å². The number of aliphatic hydroxyl groups excluding tert-OH is 1. The van der Waals surface area contributed by atoms with Crippen molar-refractivity contribution in [1.82, 2.24) is 4.90 Å². The van der Waals surface area contributed by atoms with E-state index in [4.69, 9.17) is 5.73 Å². The van der Waals surface area contributed by atoms with Crippen LogP contribution < -0.4 is 5.73 Å². The summed E-state index contributed by atoms with van der Waals surface area (Å²) in [4.78, 5) is 13.7. The number of nitrogens with zero attached hydrogens (tertiary/aromatic N) is 1. The van der Waals surface area contributed by atoms with Gasteiger partial charge in [0.05, 0.1) is 12.1 Å². The van der Waals surface area contributed by atoms with Crippen molar-refractivity contribution < 1.29 is 9.90 Å². The number of carbonyl (C=O) groups is 1. The average Bonchev–Trinajstić information content (AvgIpc) is 2.28. The highest BCUT2D eigenvalue weighted by Gasteiger charge is 2.27. The molecule has 0 spiro atoms. The van der Waals surface area contributed by atoms with E-state index in [9.17, 15) is 9.90 Å². The van der Waals surface area contributed by atoms with Crippen molar-refractivity contribution in [2.24, 2.45) is 11.7 Å². The van der Waals surface area contributed by atoms with Gasteiger partial charge in [0.1, 0.15) is 0 Å². The topological polar surface area (TPSA) is 66.6 Å². The van der Waals surface area contributed by atoms with E-state index in [1.54, 1.807) is 0 Å². The fourth-order valence-corrected chi connectivity index (χ4v) is 2.27. The molecular weight excluding hydrogens is 240 g/mol. The van der Waals surface area contributed by atoms with Gasteiger partial charge in [-0.15, -0.1) is 12.4 Å². The first-order chi connectivity index (χ1) is 7.56. The monoisotopic (exact) mass is 264 g/mol. The van der Waals surface area contributed by atoms with Gasteiger partial charge in [-0.25, -0.2) is 0 Å². The Balaban J connectivity index is 0.00000256. The van der Waals surface area contributed by atoms with E-state index in [0.717, 1.165) is 38.8 Å². The molecule has 0 aromatic heterocycles. The van der Waals surface area contributed by atoms with Crippen LogP contribution in [0.3, 0.4) is 0 Å². The van der Waals surface area contributed by atoms with E-state index < -0.39 is 0 Å². The quantitative estimate of drug-likeness (QED) is 0.801. The third kappa shape index (κ3) is 4.82. The molecule has 0 bridgehead atoms. The molecule has 2 unspecified atom stereocenters. The fourth-order valence-electron chi connectivity index (χ4n) is 2.27. The third-order valence-electron chi connectivity index (χ3n) is 3.45. The third-order valence-corrected chi connectivity index (χ3v) is 3.45. The zero-order valence-corrected chi connectivity index (χ0v) is 11.6. The summed E-state index contributed by atoms with van der Waals surface area (Å²) in [6.07, 6.45) is 3.22. The number of carbonyl (C=O) groups excluding carboxylic acids is 1. The number of hydrogen-bond donors (Lipinski definition) is 2. The van der Waals surface area contributed by atoms with Crippen LogP contribution in [0.2, 0.25) is 0 Å². The van der Waals surface area contributed by atoms with E-state index in [0.29, 0.717) is 5.92 Å². The second-order valence-corrected chi connectivity index (χ2v) is 4.80. The molecule has 0 radical (unpaired) electrons. The molecule has 1 fully saturated rings. The fraction of sp³-hybridized carbons (Fsp3) is 0.917. The van der Waals surface area contributed by atoms with Gasteiger partial charge in [0.25, 0.3) is 0 Å². The lowest BCUT2D eigenvalue weighted by atomic mass is 9.92. The van der Waals surface area contributed by atoms with Gasteiger partial charge in [-0.1, -0.05) is 13.3 Å². The van der Waals surface area contributed by atoms with Crippen LogP contribution in [0.1, 0.15) is 39.5 Å². The Morgan fingerprint density at radius 2 is 2.00 bits per heavy atom. The Morgan fingerprint density at radius 1 is 1.47 bits per heavy atom. The van der Waals surface area contributed by atoms with Gasteiger partial charge in [-0.3, -0.25) is 4.79 Å². The maximum Gasteiger partial charge on any atom is 0.239 e. The lowest BCUT2D eigenvalue weighted by Gasteiger charge is -2.34. The molecule has 0 saturated carbocycles. The first-order valence-corrected chi connectivity index (χ1v) is 6.28. The van der Waals surface area contributed by atoms with E-state index >= 15 is 0 Å². The first-order valence-electron chi connectivity index (χ1n) is 6.28. The molecule has 1 saturated heterocycles. The van der Waals surface area contributed by atoms with Crippen molar-refractivity contribution in [3.8, 4) is 0 Å². The molecule has 1 amide bonds. The summed E-state index contributed by atoms with van der Waals surface area (Å²) in [5.74, 6) is 0.414. The Hall–Kier alpha value is -0.320. The zero-order chi connectivity index (χ0) is 12.1. The lowest BCUT2D eigenvalue weighted by Crippen LogP contribution is -2.48. The van der Waals surface area contributed by atoms with Crippen LogP contribution in [0, 0.1) is 5.92 Å². The molecule has 1 aliphatic heterocycles. The van der Waals surface area contributed by atoms with Gasteiger partial charge < -0.3 is 15.7 Å². The minimum atomic E-state index is -0.340. The number of halogens is 1. The van der Waals surface area contributed by atoms with E-state index in [1.165, 1.54) is 0 Å².